The predicted molar refractivity (Wildman–Crippen MR) is 66.8 cm³/mol. The van der Waals surface area contributed by atoms with Crippen LogP contribution in [0.3, 0.4) is 0 Å². The van der Waals surface area contributed by atoms with Crippen LogP contribution < -0.4 is 10.2 Å². The molecular weight excluding hydrogens is 232 g/mol. The molecule has 0 aromatic heterocycles. The van der Waals surface area contributed by atoms with Crippen molar-refractivity contribution in [1.29, 1.82) is 0 Å². The van der Waals surface area contributed by atoms with Gasteiger partial charge >= 0.3 is 6.09 Å². The molecule has 5 nitrogen and oxygen atoms in total. The molecule has 0 saturated carbocycles. The van der Waals surface area contributed by atoms with Gasteiger partial charge in [0.25, 0.3) is 0 Å². The first-order valence-corrected chi connectivity index (χ1v) is 6.19. The first-order chi connectivity index (χ1) is 8.73. The van der Waals surface area contributed by atoms with Crippen molar-refractivity contribution >= 4 is 11.8 Å². The molecule has 0 bridgehead atoms. The van der Waals surface area contributed by atoms with Gasteiger partial charge < -0.3 is 15.2 Å². The quantitative estimate of drug-likeness (QED) is 0.790. The summed E-state index contributed by atoms with van der Waals surface area (Å²) in [5, 5.41) is 13.2. The van der Waals surface area contributed by atoms with E-state index in [1.807, 2.05) is 6.07 Å². The van der Waals surface area contributed by atoms with Gasteiger partial charge in [0.05, 0.1) is 11.2 Å². The van der Waals surface area contributed by atoms with E-state index in [2.05, 4.69) is 5.32 Å². The van der Waals surface area contributed by atoms with Crippen LogP contribution in [0, 0.1) is 0 Å². The molecule has 1 spiro atoms. The Labute approximate surface area is 105 Å². The number of anilines is 1. The number of nitrogens with one attached hydrogen (secondary N) is 1. The van der Waals surface area contributed by atoms with Crippen molar-refractivity contribution < 1.29 is 14.6 Å². The van der Waals surface area contributed by atoms with E-state index in [4.69, 9.17) is 4.74 Å². The number of nitrogens with zero attached hydrogens (tertiary/aromatic N) is 1. The maximum atomic E-state index is 12.0. The number of para-hydroxylation sites is 2. The molecular formula is C13H16N2O3. The third-order valence-corrected chi connectivity index (χ3v) is 3.69. The van der Waals surface area contributed by atoms with Crippen LogP contribution in [0.15, 0.2) is 24.3 Å². The molecule has 0 radical (unpaired) electrons. The van der Waals surface area contributed by atoms with Crippen molar-refractivity contribution in [3.63, 3.8) is 0 Å². The molecule has 1 aromatic carbocycles. The lowest BCUT2D eigenvalue weighted by Crippen LogP contribution is -2.57. The molecule has 96 valence electrons. The van der Waals surface area contributed by atoms with Gasteiger partial charge in [-0.05, 0) is 31.5 Å². The Bertz CT molecular complexity index is 469. The number of cyclic esters (lactones) is 1. The Kier molecular flexibility index (Phi) is 2.63. The maximum Gasteiger partial charge on any atom is 0.415 e. The topological polar surface area (TPSA) is 61.8 Å². The minimum atomic E-state index is -0.375. The van der Waals surface area contributed by atoms with Crippen LogP contribution in [0.2, 0.25) is 0 Å². The average Bonchev–Trinajstić information content (AvgIpc) is 2.69. The molecule has 1 aromatic rings. The highest BCUT2D eigenvalue weighted by Crippen LogP contribution is 2.39. The smallest absolute Gasteiger partial charge is 0.415 e. The number of phenolic OH excluding ortho intramolecular Hbond substituents is 1. The fourth-order valence-corrected chi connectivity index (χ4v) is 2.79. The van der Waals surface area contributed by atoms with E-state index in [9.17, 15) is 9.90 Å². The summed E-state index contributed by atoms with van der Waals surface area (Å²) in [4.78, 5) is 13.6. The number of rotatable bonds is 1. The third-order valence-electron chi connectivity index (χ3n) is 3.69. The lowest BCUT2D eigenvalue weighted by atomic mass is 9.89. The van der Waals surface area contributed by atoms with E-state index in [0.29, 0.717) is 18.8 Å². The number of ether oxygens (including phenoxy) is 1. The summed E-state index contributed by atoms with van der Waals surface area (Å²) in [5.74, 6) is 0.112. The van der Waals surface area contributed by atoms with Crippen LogP contribution >= 0.6 is 0 Å². The van der Waals surface area contributed by atoms with E-state index in [1.165, 1.54) is 0 Å². The van der Waals surface area contributed by atoms with E-state index in [1.54, 1.807) is 23.1 Å². The van der Waals surface area contributed by atoms with Gasteiger partial charge in [-0.15, -0.1) is 0 Å². The summed E-state index contributed by atoms with van der Waals surface area (Å²) in [6, 6.07) is 6.89. The van der Waals surface area contributed by atoms with Crippen molar-refractivity contribution in [2.24, 2.45) is 0 Å². The van der Waals surface area contributed by atoms with E-state index in [0.717, 1.165) is 19.4 Å². The van der Waals surface area contributed by atoms with Crippen LogP contribution in [0.1, 0.15) is 12.8 Å². The first-order valence-electron chi connectivity index (χ1n) is 6.19. The normalized spacial score (nSPS) is 27.6. The zero-order valence-corrected chi connectivity index (χ0v) is 10.1. The first kappa shape index (κ1) is 11.3. The van der Waals surface area contributed by atoms with Crippen LogP contribution in [-0.2, 0) is 4.74 Å². The van der Waals surface area contributed by atoms with Crippen molar-refractivity contribution in [3.05, 3.63) is 24.3 Å². The SMILES string of the molecule is O=C1OCC2(CCCNC2)N1c1ccccc1O. The zero-order valence-electron chi connectivity index (χ0n) is 10.1. The van der Waals surface area contributed by atoms with Crippen LogP contribution in [0.5, 0.6) is 5.75 Å². The van der Waals surface area contributed by atoms with Crippen molar-refractivity contribution in [1.82, 2.24) is 5.32 Å². The summed E-state index contributed by atoms with van der Waals surface area (Å²) in [5.41, 5.74) is 0.178. The number of phenols is 1. The molecule has 2 aliphatic rings. The third kappa shape index (κ3) is 1.62. The van der Waals surface area contributed by atoms with Gasteiger partial charge in [0.2, 0.25) is 0 Å². The summed E-state index contributed by atoms with van der Waals surface area (Å²) in [7, 11) is 0. The number of carbonyl (C=O) groups excluding carboxylic acids is 1. The summed E-state index contributed by atoms with van der Waals surface area (Å²) < 4.78 is 5.20. The Hall–Kier alpha value is -1.75. The molecule has 2 heterocycles. The monoisotopic (exact) mass is 248 g/mol. The molecule has 1 unspecified atom stereocenters. The lowest BCUT2D eigenvalue weighted by molar-refractivity contribution is 0.167. The van der Waals surface area contributed by atoms with Crippen molar-refractivity contribution in [3.8, 4) is 5.75 Å². The second-order valence-electron chi connectivity index (χ2n) is 4.88. The van der Waals surface area contributed by atoms with Crippen LogP contribution in [0.4, 0.5) is 10.5 Å². The second-order valence-corrected chi connectivity index (χ2v) is 4.88. The van der Waals surface area contributed by atoms with E-state index < -0.39 is 0 Å². The number of piperidine rings is 1. The number of aromatic hydroxyl groups is 1. The number of carbonyl (C=O) groups is 1. The average molecular weight is 248 g/mol. The highest BCUT2D eigenvalue weighted by molar-refractivity contribution is 5.93. The minimum absolute atomic E-state index is 0.112. The highest BCUT2D eigenvalue weighted by atomic mass is 16.6. The van der Waals surface area contributed by atoms with E-state index in [-0.39, 0.29) is 17.4 Å². The molecule has 2 N–H and O–H groups in total. The largest absolute Gasteiger partial charge is 0.506 e. The van der Waals surface area contributed by atoms with Crippen molar-refractivity contribution in [2.45, 2.75) is 18.4 Å². The fraction of sp³-hybridized carbons (Fsp3) is 0.462. The molecule has 2 saturated heterocycles. The number of amides is 1. The van der Waals surface area contributed by atoms with E-state index >= 15 is 0 Å². The Balaban J connectivity index is 2.02. The standard InChI is InChI=1S/C13H16N2O3/c16-11-5-2-1-4-10(11)15-12(17)18-9-13(15)6-3-7-14-8-13/h1-2,4-5,14,16H,3,6-9H2. The Morgan fingerprint density at radius 1 is 1.39 bits per heavy atom. The fourth-order valence-electron chi connectivity index (χ4n) is 2.79. The Morgan fingerprint density at radius 2 is 2.22 bits per heavy atom. The molecule has 1 amide bonds. The molecule has 18 heavy (non-hydrogen) atoms. The molecule has 2 aliphatic heterocycles. The lowest BCUT2D eigenvalue weighted by Gasteiger charge is -2.38. The van der Waals surface area contributed by atoms with Gasteiger partial charge in [0.15, 0.2) is 0 Å². The molecule has 5 heteroatoms. The zero-order chi connectivity index (χ0) is 12.6. The maximum absolute atomic E-state index is 12.0. The van der Waals surface area contributed by atoms with Crippen molar-refractivity contribution in [2.75, 3.05) is 24.6 Å². The van der Waals surface area contributed by atoms with Gasteiger partial charge in [0.1, 0.15) is 12.4 Å². The summed E-state index contributed by atoms with van der Waals surface area (Å²) in [6.07, 6.45) is 1.51. The molecule has 3 rings (SSSR count). The highest BCUT2D eigenvalue weighted by Gasteiger charge is 2.49. The second kappa shape index (κ2) is 4.17. The molecule has 0 aliphatic carbocycles. The number of hydrogen-bond acceptors (Lipinski definition) is 4. The Morgan fingerprint density at radius 3 is 2.94 bits per heavy atom. The number of benzene rings is 1. The summed E-state index contributed by atoms with van der Waals surface area (Å²) >= 11 is 0. The predicted octanol–water partition coefficient (Wildman–Crippen LogP) is 1.47. The van der Waals surface area contributed by atoms with Crippen LogP contribution in [-0.4, -0.2) is 36.4 Å². The molecule has 1 atom stereocenters. The van der Waals surface area contributed by atoms with Gasteiger partial charge in [-0.2, -0.15) is 0 Å². The van der Waals surface area contributed by atoms with Crippen LogP contribution in [0.25, 0.3) is 0 Å². The molecule has 2 fully saturated rings. The van der Waals surface area contributed by atoms with Gasteiger partial charge in [-0.25, -0.2) is 4.79 Å². The number of hydrogen-bond donors (Lipinski definition) is 2. The van der Waals surface area contributed by atoms with Gasteiger partial charge in [0, 0.05) is 6.54 Å². The van der Waals surface area contributed by atoms with Gasteiger partial charge in [-0.3, -0.25) is 4.90 Å². The van der Waals surface area contributed by atoms with Gasteiger partial charge in [-0.1, -0.05) is 12.1 Å². The summed E-state index contributed by atoms with van der Waals surface area (Å²) in [6.45, 7) is 2.05. The minimum Gasteiger partial charge on any atom is -0.506 e.